The van der Waals surface area contributed by atoms with E-state index in [9.17, 15) is 14.4 Å². The van der Waals surface area contributed by atoms with Crippen molar-refractivity contribution in [3.8, 4) is 0 Å². The predicted octanol–water partition coefficient (Wildman–Crippen LogP) is 15.5. The summed E-state index contributed by atoms with van der Waals surface area (Å²) in [4.78, 5) is 39.0. The second-order valence-corrected chi connectivity index (χ2v) is 15.3. The van der Waals surface area contributed by atoms with Crippen molar-refractivity contribution in [2.75, 3.05) is 18.5 Å². The molecule has 1 unspecified atom stereocenters. The molecule has 344 valence electrons. The first kappa shape index (κ1) is 54.5. The second kappa shape index (κ2) is 37.9. The highest BCUT2D eigenvalue weighted by Gasteiger charge is 2.21. The molecule has 2 aromatic carbocycles. The number of rotatable bonds is 33. The Bertz CT molecular complexity index is 1930. The number of esters is 3. The lowest BCUT2D eigenvalue weighted by Gasteiger charge is -2.19. The number of benzene rings is 2. The molecule has 64 heavy (non-hydrogen) atoms. The monoisotopic (exact) mass is 890 g/mol. The van der Waals surface area contributed by atoms with Crippen molar-refractivity contribution < 1.29 is 28.6 Å². The number of nitrogens with one attached hydrogen (secondary N) is 1. The summed E-state index contributed by atoms with van der Waals surface area (Å²) < 4.78 is 16.9. The zero-order chi connectivity index (χ0) is 46.1. The maximum absolute atomic E-state index is 13.4. The van der Waals surface area contributed by atoms with Crippen molar-refractivity contribution in [2.45, 2.75) is 123 Å². The first-order valence-corrected chi connectivity index (χ1v) is 23.3. The zero-order valence-electron chi connectivity index (χ0n) is 38.5. The Morgan fingerprint density at radius 3 is 1.55 bits per heavy atom. The highest BCUT2D eigenvalue weighted by molar-refractivity contribution is 6.31. The van der Waals surface area contributed by atoms with Crippen molar-refractivity contribution in [2.24, 2.45) is 0 Å². The molecule has 2 aromatic rings. The van der Waals surface area contributed by atoms with E-state index in [2.05, 4.69) is 134 Å². The molecular formula is C56H72ClNO6. The average molecular weight is 891 g/mol. The molecule has 0 saturated heterocycles. The minimum Gasteiger partial charge on any atom is -0.462 e. The van der Waals surface area contributed by atoms with Crippen LogP contribution in [0.2, 0.25) is 5.02 Å². The van der Waals surface area contributed by atoms with Crippen LogP contribution in [-0.4, -0.2) is 37.2 Å². The molecular weight excluding hydrogens is 818 g/mol. The van der Waals surface area contributed by atoms with E-state index in [-0.39, 0.29) is 26.1 Å². The van der Waals surface area contributed by atoms with Crippen molar-refractivity contribution in [3.63, 3.8) is 0 Å². The Balaban J connectivity index is 1.84. The van der Waals surface area contributed by atoms with Crippen LogP contribution in [-0.2, 0) is 23.8 Å². The van der Waals surface area contributed by atoms with Gasteiger partial charge in [-0.05, 0) is 127 Å². The van der Waals surface area contributed by atoms with Gasteiger partial charge in [-0.25, -0.2) is 4.79 Å². The molecule has 0 amide bonds. The summed E-state index contributed by atoms with van der Waals surface area (Å²) in [7, 11) is 0. The summed E-state index contributed by atoms with van der Waals surface area (Å²) in [6.07, 6.45) is 53.2. The molecule has 0 fully saturated rings. The molecule has 0 aliphatic heterocycles. The fraction of sp³-hybridized carbons (Fsp3) is 0.375. The Morgan fingerprint density at radius 1 is 0.562 bits per heavy atom. The number of carbonyl (C=O) groups is 3. The Kier molecular flexibility index (Phi) is 32.2. The molecule has 0 saturated carbocycles. The summed E-state index contributed by atoms with van der Waals surface area (Å²) >= 11 is 6.32. The molecule has 0 aliphatic carbocycles. The van der Waals surface area contributed by atoms with Gasteiger partial charge in [0.2, 0.25) is 0 Å². The molecule has 8 heteroatoms. The van der Waals surface area contributed by atoms with Gasteiger partial charge in [-0.1, -0.05) is 158 Å². The van der Waals surface area contributed by atoms with Gasteiger partial charge in [0.05, 0.1) is 11.3 Å². The van der Waals surface area contributed by atoms with E-state index in [1.165, 1.54) is 0 Å². The van der Waals surface area contributed by atoms with Crippen LogP contribution in [0.15, 0.2) is 164 Å². The lowest BCUT2D eigenvalue weighted by atomic mass is 10.1. The zero-order valence-corrected chi connectivity index (χ0v) is 39.3. The number of halogens is 1. The maximum Gasteiger partial charge on any atom is 0.340 e. The lowest BCUT2D eigenvalue weighted by molar-refractivity contribution is -0.161. The third-order valence-corrected chi connectivity index (χ3v) is 9.87. The number of unbranched alkanes of at least 4 members (excludes halogenated alkanes) is 2. The fourth-order valence-electron chi connectivity index (χ4n) is 5.86. The molecule has 0 radical (unpaired) electrons. The van der Waals surface area contributed by atoms with Crippen LogP contribution in [0, 0.1) is 6.92 Å². The van der Waals surface area contributed by atoms with E-state index in [4.69, 9.17) is 25.8 Å². The summed E-state index contributed by atoms with van der Waals surface area (Å²) in [5.41, 5.74) is 2.41. The summed E-state index contributed by atoms with van der Waals surface area (Å²) in [6, 6.07) is 12.5. The highest BCUT2D eigenvalue weighted by atomic mass is 35.5. The van der Waals surface area contributed by atoms with Gasteiger partial charge in [0.15, 0.2) is 6.10 Å². The standard InChI is InChI=1S/C56H72ClNO6/c1-4-6-8-10-12-14-16-18-20-22-24-25-27-29-31-33-35-44-54(59)62-46-49(47-63-56(61)50-40-37-38-42-53(50)58-52-43-39-41-51(57)48(52)3)64-55(60)45-36-34-32-30-28-26-23-21-19-17-15-13-11-9-7-5-2/h5-8,11-14,17-20,23-26,29-32,37-43,49,58H,4,9-10,15-16,21-22,27-28,33-36,44-47H2,1-3H3/b7-5-,8-6-,13-11-,14-12-,19-17-,20-18-,25-24-,26-23-,31-29-,32-30-. The summed E-state index contributed by atoms with van der Waals surface area (Å²) in [6.45, 7) is 5.55. The minimum atomic E-state index is -0.967. The van der Waals surface area contributed by atoms with E-state index >= 15 is 0 Å². The number of ether oxygens (including phenoxy) is 3. The summed E-state index contributed by atoms with van der Waals surface area (Å²) in [5.74, 6) is -1.48. The van der Waals surface area contributed by atoms with Gasteiger partial charge in [-0.2, -0.15) is 0 Å². The van der Waals surface area contributed by atoms with Crippen LogP contribution < -0.4 is 5.32 Å². The minimum absolute atomic E-state index is 0.172. The number of anilines is 2. The van der Waals surface area contributed by atoms with E-state index < -0.39 is 24.0 Å². The van der Waals surface area contributed by atoms with E-state index in [1.54, 1.807) is 24.3 Å². The van der Waals surface area contributed by atoms with E-state index in [1.807, 2.05) is 32.0 Å². The number of hydrogen-bond donors (Lipinski definition) is 1. The van der Waals surface area contributed by atoms with Crippen molar-refractivity contribution >= 4 is 40.9 Å². The largest absolute Gasteiger partial charge is 0.462 e. The predicted molar refractivity (Wildman–Crippen MR) is 269 cm³/mol. The van der Waals surface area contributed by atoms with Gasteiger partial charge in [0.25, 0.3) is 0 Å². The fourth-order valence-corrected chi connectivity index (χ4v) is 6.04. The molecule has 0 aromatic heterocycles. The number of allylic oxidation sites excluding steroid dienone is 20. The van der Waals surface area contributed by atoms with Crippen molar-refractivity contribution in [3.05, 3.63) is 180 Å². The van der Waals surface area contributed by atoms with Crippen LogP contribution in [0.25, 0.3) is 0 Å². The third kappa shape index (κ3) is 28.1. The first-order valence-electron chi connectivity index (χ1n) is 22.9. The van der Waals surface area contributed by atoms with E-state index in [0.717, 1.165) is 75.5 Å². The van der Waals surface area contributed by atoms with Crippen molar-refractivity contribution in [1.82, 2.24) is 0 Å². The smallest absolute Gasteiger partial charge is 0.340 e. The van der Waals surface area contributed by atoms with E-state index in [0.29, 0.717) is 35.5 Å². The van der Waals surface area contributed by atoms with Gasteiger partial charge in [-0.3, -0.25) is 9.59 Å². The van der Waals surface area contributed by atoms with Crippen molar-refractivity contribution in [1.29, 1.82) is 0 Å². The second-order valence-electron chi connectivity index (χ2n) is 14.9. The molecule has 0 aliphatic rings. The molecule has 1 atom stereocenters. The maximum atomic E-state index is 13.4. The number of para-hydroxylation sites is 1. The third-order valence-electron chi connectivity index (χ3n) is 9.46. The number of carbonyl (C=O) groups excluding carboxylic acids is 3. The van der Waals surface area contributed by atoms with Gasteiger partial charge in [0, 0.05) is 23.6 Å². The highest BCUT2D eigenvalue weighted by Crippen LogP contribution is 2.28. The lowest BCUT2D eigenvalue weighted by Crippen LogP contribution is -2.31. The normalized spacial score (nSPS) is 12.9. The first-order chi connectivity index (χ1) is 31.3. The average Bonchev–Trinajstić information content (AvgIpc) is 3.29. The van der Waals surface area contributed by atoms with Gasteiger partial charge < -0.3 is 19.5 Å². The number of hydrogen-bond acceptors (Lipinski definition) is 7. The molecule has 1 N–H and O–H groups in total. The van der Waals surface area contributed by atoms with Crippen LogP contribution in [0.5, 0.6) is 0 Å². The Hall–Kier alpha value is -5.66. The SMILES string of the molecule is C/C=C\C/C=C\C/C=C\C/C=C\C/C=C\CCCC(=O)OC(COC(=O)CCC/C=C\C/C=C\C/C=C\C/C=C\C/C=C\CC)COC(=O)c1ccccc1Nc1cccc(Cl)c1C. The van der Waals surface area contributed by atoms with Crippen LogP contribution in [0.1, 0.15) is 126 Å². The Labute approximate surface area is 389 Å². The Morgan fingerprint density at radius 2 is 1.02 bits per heavy atom. The topological polar surface area (TPSA) is 90.9 Å². The van der Waals surface area contributed by atoms with Gasteiger partial charge >= 0.3 is 17.9 Å². The van der Waals surface area contributed by atoms with Gasteiger partial charge in [0.1, 0.15) is 13.2 Å². The van der Waals surface area contributed by atoms with Gasteiger partial charge in [-0.15, -0.1) is 0 Å². The molecule has 7 nitrogen and oxygen atoms in total. The van der Waals surface area contributed by atoms with Crippen LogP contribution in [0.4, 0.5) is 11.4 Å². The quantitative estimate of drug-likeness (QED) is 0.0330. The molecule has 0 bridgehead atoms. The molecule has 0 spiro atoms. The molecule has 0 heterocycles. The molecule has 2 rings (SSSR count). The van der Waals surface area contributed by atoms with Crippen LogP contribution >= 0.6 is 11.6 Å². The van der Waals surface area contributed by atoms with Crippen LogP contribution in [0.3, 0.4) is 0 Å². The summed E-state index contributed by atoms with van der Waals surface area (Å²) in [5, 5.41) is 3.87.